The van der Waals surface area contributed by atoms with E-state index in [2.05, 4.69) is 9.97 Å². The van der Waals surface area contributed by atoms with Gasteiger partial charge in [0.2, 0.25) is 5.88 Å². The maximum Gasteiger partial charge on any atom is 0.224 e. The third-order valence-corrected chi connectivity index (χ3v) is 2.45. The average Bonchev–Trinajstić information content (AvgIpc) is 2.69. The maximum atomic E-state index is 10.0. The van der Waals surface area contributed by atoms with Gasteiger partial charge < -0.3 is 5.11 Å². The highest BCUT2D eigenvalue weighted by atomic mass is 16.3. The van der Waals surface area contributed by atoms with E-state index in [1.807, 2.05) is 30.3 Å². The number of hydrogen-bond acceptors (Lipinski definition) is 3. The second-order valence-corrected chi connectivity index (χ2v) is 3.45. The Morgan fingerprint density at radius 3 is 2.69 bits per heavy atom. The number of benzene rings is 1. The molecule has 0 aliphatic carbocycles. The Balaban J connectivity index is 2.29. The highest BCUT2D eigenvalue weighted by Gasteiger charge is 2.11. The Hall–Kier alpha value is -2.36. The lowest BCUT2D eigenvalue weighted by Gasteiger charge is -1.96. The molecule has 0 unspecified atom stereocenters. The molecule has 0 radical (unpaired) electrons. The monoisotopic (exact) mass is 211 g/mol. The molecule has 2 heterocycles. The zero-order valence-electron chi connectivity index (χ0n) is 8.41. The van der Waals surface area contributed by atoms with Crippen molar-refractivity contribution >= 4 is 5.65 Å². The van der Waals surface area contributed by atoms with Crippen LogP contribution in [-0.2, 0) is 0 Å². The molecule has 0 aliphatic rings. The Morgan fingerprint density at radius 1 is 1.12 bits per heavy atom. The van der Waals surface area contributed by atoms with Crippen LogP contribution in [0.15, 0.2) is 48.9 Å². The van der Waals surface area contributed by atoms with E-state index in [0.717, 1.165) is 5.56 Å². The number of aromatic nitrogens is 3. The van der Waals surface area contributed by atoms with Crippen molar-refractivity contribution in [1.82, 2.24) is 14.4 Å². The maximum absolute atomic E-state index is 10.0. The summed E-state index contributed by atoms with van der Waals surface area (Å²) in [5, 5.41) is 10.0. The first-order valence-electron chi connectivity index (χ1n) is 4.93. The minimum atomic E-state index is 0.142. The summed E-state index contributed by atoms with van der Waals surface area (Å²) in [6, 6.07) is 9.58. The summed E-state index contributed by atoms with van der Waals surface area (Å²) < 4.78 is 1.61. The van der Waals surface area contributed by atoms with Crippen LogP contribution in [-0.4, -0.2) is 19.5 Å². The fourth-order valence-electron chi connectivity index (χ4n) is 1.68. The molecule has 16 heavy (non-hydrogen) atoms. The molecule has 4 heteroatoms. The topological polar surface area (TPSA) is 50.4 Å². The van der Waals surface area contributed by atoms with Crippen LogP contribution < -0.4 is 0 Å². The van der Waals surface area contributed by atoms with E-state index in [9.17, 15) is 5.11 Å². The van der Waals surface area contributed by atoms with E-state index in [4.69, 9.17) is 0 Å². The van der Waals surface area contributed by atoms with E-state index in [0.29, 0.717) is 11.3 Å². The molecule has 0 aliphatic heterocycles. The fraction of sp³-hybridized carbons (Fsp3) is 0. The largest absolute Gasteiger partial charge is 0.493 e. The quantitative estimate of drug-likeness (QED) is 0.670. The molecule has 0 amide bonds. The lowest BCUT2D eigenvalue weighted by molar-refractivity contribution is 0.450. The van der Waals surface area contributed by atoms with Gasteiger partial charge in [-0.2, -0.15) is 0 Å². The Labute approximate surface area is 91.8 Å². The molecule has 2 aromatic heterocycles. The van der Waals surface area contributed by atoms with Gasteiger partial charge in [-0.1, -0.05) is 30.3 Å². The minimum absolute atomic E-state index is 0.142. The lowest BCUT2D eigenvalue weighted by atomic mass is 10.2. The number of aromatic hydroxyl groups is 1. The minimum Gasteiger partial charge on any atom is -0.493 e. The Morgan fingerprint density at radius 2 is 1.94 bits per heavy atom. The van der Waals surface area contributed by atoms with Crippen LogP contribution >= 0.6 is 0 Å². The molecule has 1 N–H and O–H groups in total. The summed E-state index contributed by atoms with van der Waals surface area (Å²) in [5.41, 5.74) is 2.11. The normalized spacial score (nSPS) is 10.8. The van der Waals surface area contributed by atoms with Crippen molar-refractivity contribution in [3.05, 3.63) is 48.9 Å². The average molecular weight is 211 g/mol. The molecular formula is C12H9N3O. The van der Waals surface area contributed by atoms with Gasteiger partial charge in [-0.3, -0.25) is 9.38 Å². The van der Waals surface area contributed by atoms with Crippen LogP contribution in [0.3, 0.4) is 0 Å². The van der Waals surface area contributed by atoms with Crippen molar-refractivity contribution in [2.75, 3.05) is 0 Å². The van der Waals surface area contributed by atoms with Gasteiger partial charge in [0, 0.05) is 18.0 Å². The summed E-state index contributed by atoms with van der Waals surface area (Å²) >= 11 is 0. The molecule has 0 atom stereocenters. The van der Waals surface area contributed by atoms with Crippen LogP contribution in [0.5, 0.6) is 5.88 Å². The van der Waals surface area contributed by atoms with Crippen LogP contribution in [0.4, 0.5) is 0 Å². The van der Waals surface area contributed by atoms with Crippen LogP contribution in [0.25, 0.3) is 16.9 Å². The molecule has 78 valence electrons. The van der Waals surface area contributed by atoms with Gasteiger partial charge in [0.15, 0.2) is 5.65 Å². The van der Waals surface area contributed by atoms with Gasteiger partial charge in [0.25, 0.3) is 0 Å². The summed E-state index contributed by atoms with van der Waals surface area (Å²) in [7, 11) is 0. The first-order valence-corrected chi connectivity index (χ1v) is 4.93. The highest BCUT2D eigenvalue weighted by Crippen LogP contribution is 2.28. The Kier molecular flexibility index (Phi) is 1.86. The predicted molar refractivity (Wildman–Crippen MR) is 60.1 cm³/mol. The number of fused-ring (bicyclic) bond motifs is 1. The standard InChI is InChI=1S/C12H9N3O/c16-12-11(9-4-2-1-3-5-9)14-10-8-13-6-7-15(10)12/h1-8,16H. The van der Waals surface area contributed by atoms with Crippen LogP contribution in [0.2, 0.25) is 0 Å². The van der Waals surface area contributed by atoms with Crippen molar-refractivity contribution in [1.29, 1.82) is 0 Å². The SMILES string of the molecule is Oc1c(-c2ccccc2)nc2cnccn12. The van der Waals surface area contributed by atoms with Crippen molar-refractivity contribution in [2.24, 2.45) is 0 Å². The molecular weight excluding hydrogens is 202 g/mol. The van der Waals surface area contributed by atoms with E-state index >= 15 is 0 Å². The lowest BCUT2D eigenvalue weighted by Crippen LogP contribution is -1.83. The van der Waals surface area contributed by atoms with Crippen molar-refractivity contribution in [3.8, 4) is 17.1 Å². The summed E-state index contributed by atoms with van der Waals surface area (Å²) in [5.74, 6) is 0.142. The third-order valence-electron chi connectivity index (χ3n) is 2.45. The molecule has 0 saturated heterocycles. The zero-order valence-corrected chi connectivity index (χ0v) is 8.41. The van der Waals surface area contributed by atoms with E-state index in [-0.39, 0.29) is 5.88 Å². The zero-order chi connectivity index (χ0) is 11.0. The van der Waals surface area contributed by atoms with Gasteiger partial charge in [-0.25, -0.2) is 4.98 Å². The molecule has 0 fully saturated rings. The molecule has 1 aromatic carbocycles. The third kappa shape index (κ3) is 1.24. The molecule has 0 saturated carbocycles. The fourth-order valence-corrected chi connectivity index (χ4v) is 1.68. The molecule has 3 aromatic rings. The highest BCUT2D eigenvalue weighted by molar-refractivity contribution is 5.68. The molecule has 0 spiro atoms. The number of imidazole rings is 1. The predicted octanol–water partition coefficient (Wildman–Crippen LogP) is 2.10. The smallest absolute Gasteiger partial charge is 0.224 e. The molecule has 0 bridgehead atoms. The number of rotatable bonds is 1. The molecule has 4 nitrogen and oxygen atoms in total. The first kappa shape index (κ1) is 8.91. The second kappa shape index (κ2) is 3.34. The second-order valence-electron chi connectivity index (χ2n) is 3.45. The van der Waals surface area contributed by atoms with Gasteiger partial charge in [-0.15, -0.1) is 0 Å². The van der Waals surface area contributed by atoms with Crippen molar-refractivity contribution in [3.63, 3.8) is 0 Å². The number of hydrogen-bond donors (Lipinski definition) is 1. The van der Waals surface area contributed by atoms with Crippen LogP contribution in [0, 0.1) is 0 Å². The Bertz CT molecular complexity index is 631. The first-order chi connectivity index (χ1) is 7.86. The summed E-state index contributed by atoms with van der Waals surface area (Å²) in [6.45, 7) is 0. The van der Waals surface area contributed by atoms with Gasteiger partial charge in [0.05, 0.1) is 6.20 Å². The van der Waals surface area contributed by atoms with Crippen molar-refractivity contribution < 1.29 is 5.11 Å². The van der Waals surface area contributed by atoms with Gasteiger partial charge >= 0.3 is 0 Å². The summed E-state index contributed by atoms with van der Waals surface area (Å²) in [4.78, 5) is 8.30. The van der Waals surface area contributed by atoms with Crippen molar-refractivity contribution in [2.45, 2.75) is 0 Å². The summed E-state index contributed by atoms with van der Waals surface area (Å²) in [6.07, 6.45) is 4.92. The number of nitrogens with zero attached hydrogens (tertiary/aromatic N) is 3. The van der Waals surface area contributed by atoms with E-state index in [1.54, 1.807) is 23.0 Å². The van der Waals surface area contributed by atoms with Gasteiger partial charge in [-0.05, 0) is 0 Å². The van der Waals surface area contributed by atoms with Gasteiger partial charge in [0.1, 0.15) is 5.69 Å². The van der Waals surface area contributed by atoms with E-state index in [1.165, 1.54) is 0 Å². The molecule has 3 rings (SSSR count). The van der Waals surface area contributed by atoms with E-state index < -0.39 is 0 Å². The van der Waals surface area contributed by atoms with Crippen LogP contribution in [0.1, 0.15) is 0 Å².